The lowest BCUT2D eigenvalue weighted by Gasteiger charge is -2.18. The Hall–Kier alpha value is -2.19. The maximum absolute atomic E-state index is 12.0. The molecule has 25 heavy (non-hydrogen) atoms. The molecular formula is C16H21ClN4O3S. The number of thiocarbonyl (C=S) groups is 1. The van der Waals surface area contributed by atoms with Crippen LogP contribution in [0.25, 0.3) is 0 Å². The number of halogens is 1. The first kappa shape index (κ1) is 20.9. The average molecular weight is 385 g/mol. The van der Waals surface area contributed by atoms with E-state index in [9.17, 15) is 14.4 Å². The van der Waals surface area contributed by atoms with Crippen LogP contribution in [0.15, 0.2) is 24.3 Å². The molecule has 7 nitrogen and oxygen atoms in total. The normalized spacial score (nSPS) is 11.5. The maximum atomic E-state index is 12.0. The average Bonchev–Trinajstić information content (AvgIpc) is 2.52. The third-order valence-electron chi connectivity index (χ3n) is 3.14. The smallest absolute Gasteiger partial charge is 0.258 e. The van der Waals surface area contributed by atoms with Gasteiger partial charge in [0, 0.05) is 0 Å². The van der Waals surface area contributed by atoms with Gasteiger partial charge in [-0.1, -0.05) is 37.6 Å². The molecule has 1 rings (SSSR count). The zero-order chi connectivity index (χ0) is 19.0. The largest absolute Gasteiger partial charge is 0.368 e. The highest BCUT2D eigenvalue weighted by Crippen LogP contribution is 2.14. The van der Waals surface area contributed by atoms with Crippen LogP contribution in [0.3, 0.4) is 0 Å². The van der Waals surface area contributed by atoms with E-state index in [2.05, 4.69) is 16.0 Å². The summed E-state index contributed by atoms with van der Waals surface area (Å²) < 4.78 is 0. The predicted octanol–water partition coefficient (Wildman–Crippen LogP) is 0.960. The highest BCUT2D eigenvalue weighted by Gasteiger charge is 2.19. The SMILES string of the molecule is CC(C)CC(NC(=O)CNC(=S)NC(=O)c1ccccc1Cl)C(N)=O. The quantitative estimate of drug-likeness (QED) is 0.523. The number of rotatable bonds is 7. The van der Waals surface area contributed by atoms with Crippen LogP contribution < -0.4 is 21.7 Å². The highest BCUT2D eigenvalue weighted by atomic mass is 35.5. The van der Waals surface area contributed by atoms with Gasteiger partial charge in [-0.25, -0.2) is 0 Å². The summed E-state index contributed by atoms with van der Waals surface area (Å²) in [7, 11) is 0. The highest BCUT2D eigenvalue weighted by molar-refractivity contribution is 7.80. The maximum Gasteiger partial charge on any atom is 0.258 e. The van der Waals surface area contributed by atoms with Crippen molar-refractivity contribution < 1.29 is 14.4 Å². The van der Waals surface area contributed by atoms with Gasteiger partial charge in [0.15, 0.2) is 5.11 Å². The summed E-state index contributed by atoms with van der Waals surface area (Å²) in [5.41, 5.74) is 5.53. The van der Waals surface area contributed by atoms with Crippen molar-refractivity contribution in [2.75, 3.05) is 6.54 Å². The molecule has 1 aromatic rings. The number of nitrogens with one attached hydrogen (secondary N) is 3. The molecule has 0 bridgehead atoms. The molecule has 0 radical (unpaired) electrons. The Morgan fingerprint density at radius 2 is 1.88 bits per heavy atom. The van der Waals surface area contributed by atoms with Crippen molar-refractivity contribution in [3.63, 3.8) is 0 Å². The topological polar surface area (TPSA) is 113 Å². The summed E-state index contributed by atoms with van der Waals surface area (Å²) in [6, 6.07) is 5.76. The van der Waals surface area contributed by atoms with Crippen LogP contribution in [0, 0.1) is 5.92 Å². The van der Waals surface area contributed by atoms with E-state index in [0.29, 0.717) is 11.4 Å². The molecule has 0 aliphatic carbocycles. The van der Waals surface area contributed by atoms with Crippen molar-refractivity contribution in [3.8, 4) is 0 Å². The molecule has 0 aliphatic heterocycles. The summed E-state index contributed by atoms with van der Waals surface area (Å²) >= 11 is 10.9. The molecular weight excluding hydrogens is 364 g/mol. The van der Waals surface area contributed by atoms with Gasteiger partial charge in [0.25, 0.3) is 5.91 Å². The second kappa shape index (κ2) is 9.95. The van der Waals surface area contributed by atoms with Gasteiger partial charge in [0.2, 0.25) is 11.8 Å². The van der Waals surface area contributed by atoms with Crippen molar-refractivity contribution in [2.24, 2.45) is 11.7 Å². The van der Waals surface area contributed by atoms with E-state index >= 15 is 0 Å². The minimum Gasteiger partial charge on any atom is -0.368 e. The van der Waals surface area contributed by atoms with E-state index in [4.69, 9.17) is 29.6 Å². The van der Waals surface area contributed by atoms with E-state index in [0.717, 1.165) is 0 Å². The summed E-state index contributed by atoms with van der Waals surface area (Å²) in [5.74, 6) is -1.35. The van der Waals surface area contributed by atoms with Crippen LogP contribution in [-0.4, -0.2) is 35.4 Å². The van der Waals surface area contributed by atoms with E-state index < -0.39 is 23.8 Å². The van der Waals surface area contributed by atoms with E-state index in [1.165, 1.54) is 0 Å². The zero-order valence-corrected chi connectivity index (χ0v) is 15.5. The lowest BCUT2D eigenvalue weighted by Crippen LogP contribution is -2.50. The third-order valence-corrected chi connectivity index (χ3v) is 3.72. The number of carbonyl (C=O) groups excluding carboxylic acids is 3. The molecule has 0 saturated carbocycles. The minimum atomic E-state index is -0.749. The second-order valence-corrected chi connectivity index (χ2v) is 6.58. The van der Waals surface area contributed by atoms with Crippen molar-refractivity contribution in [3.05, 3.63) is 34.9 Å². The molecule has 0 aromatic heterocycles. The number of primary amides is 1. The van der Waals surface area contributed by atoms with Crippen LogP contribution >= 0.6 is 23.8 Å². The molecule has 0 saturated heterocycles. The van der Waals surface area contributed by atoms with Crippen molar-refractivity contribution in [1.82, 2.24) is 16.0 Å². The first-order valence-electron chi connectivity index (χ1n) is 7.63. The van der Waals surface area contributed by atoms with Crippen LogP contribution in [0.2, 0.25) is 5.02 Å². The number of carbonyl (C=O) groups is 3. The summed E-state index contributed by atoms with van der Waals surface area (Å²) in [4.78, 5) is 35.2. The number of hydrogen-bond acceptors (Lipinski definition) is 4. The number of nitrogens with two attached hydrogens (primary N) is 1. The molecule has 0 spiro atoms. The molecule has 9 heteroatoms. The molecule has 1 atom stereocenters. The molecule has 0 fully saturated rings. The molecule has 1 aromatic carbocycles. The Labute approximate surface area is 156 Å². The van der Waals surface area contributed by atoms with Gasteiger partial charge in [-0.15, -0.1) is 0 Å². The van der Waals surface area contributed by atoms with Gasteiger partial charge >= 0.3 is 0 Å². The van der Waals surface area contributed by atoms with Gasteiger partial charge in [0.1, 0.15) is 6.04 Å². The lowest BCUT2D eigenvalue weighted by molar-refractivity contribution is -0.127. The Morgan fingerprint density at radius 1 is 1.24 bits per heavy atom. The van der Waals surface area contributed by atoms with Crippen LogP contribution in [0.4, 0.5) is 0 Å². The summed E-state index contributed by atoms with van der Waals surface area (Å²) in [6.07, 6.45) is 0.439. The second-order valence-electron chi connectivity index (χ2n) is 5.77. The van der Waals surface area contributed by atoms with Crippen LogP contribution in [0.1, 0.15) is 30.6 Å². The monoisotopic (exact) mass is 384 g/mol. The van der Waals surface area contributed by atoms with Gasteiger partial charge < -0.3 is 16.4 Å². The lowest BCUT2D eigenvalue weighted by atomic mass is 10.0. The Bertz CT molecular complexity index is 667. The molecule has 5 N–H and O–H groups in total. The Balaban J connectivity index is 2.47. The first-order chi connectivity index (χ1) is 11.7. The van der Waals surface area contributed by atoms with Crippen LogP contribution in [0.5, 0.6) is 0 Å². The van der Waals surface area contributed by atoms with Gasteiger partial charge in [-0.05, 0) is 36.7 Å². The molecule has 3 amide bonds. The number of benzene rings is 1. The van der Waals surface area contributed by atoms with Gasteiger partial charge in [-0.2, -0.15) is 0 Å². The standard InChI is InChI=1S/C16H21ClN4O3S/c1-9(2)7-12(14(18)23)20-13(22)8-19-16(25)21-15(24)10-5-3-4-6-11(10)17/h3-6,9,12H,7-8H2,1-2H3,(H2,18,23)(H,20,22)(H2,19,21,24,25). The zero-order valence-electron chi connectivity index (χ0n) is 14.0. The molecule has 0 aliphatic rings. The fourth-order valence-corrected chi connectivity index (χ4v) is 2.37. The van der Waals surface area contributed by atoms with Gasteiger partial charge in [-0.3, -0.25) is 19.7 Å². The van der Waals surface area contributed by atoms with Gasteiger partial charge in [0.05, 0.1) is 17.1 Å². The fraction of sp³-hybridized carbons (Fsp3) is 0.375. The van der Waals surface area contributed by atoms with Crippen molar-refractivity contribution in [1.29, 1.82) is 0 Å². The Morgan fingerprint density at radius 3 is 2.44 bits per heavy atom. The third kappa shape index (κ3) is 7.49. The van der Waals surface area contributed by atoms with Crippen molar-refractivity contribution >= 4 is 46.7 Å². The summed E-state index contributed by atoms with van der Waals surface area (Å²) in [6.45, 7) is 3.63. The predicted molar refractivity (Wildman–Crippen MR) is 100 cm³/mol. The van der Waals surface area contributed by atoms with E-state index in [-0.39, 0.29) is 23.1 Å². The van der Waals surface area contributed by atoms with E-state index in [1.54, 1.807) is 24.3 Å². The van der Waals surface area contributed by atoms with Crippen LogP contribution in [-0.2, 0) is 9.59 Å². The fourth-order valence-electron chi connectivity index (χ4n) is 1.98. The van der Waals surface area contributed by atoms with E-state index in [1.807, 2.05) is 13.8 Å². The number of hydrogen-bond donors (Lipinski definition) is 4. The Kier molecular flexibility index (Phi) is 8.30. The number of amides is 3. The first-order valence-corrected chi connectivity index (χ1v) is 8.41. The van der Waals surface area contributed by atoms with Crippen molar-refractivity contribution in [2.45, 2.75) is 26.3 Å². The summed E-state index contributed by atoms with van der Waals surface area (Å²) in [5, 5.41) is 7.81. The molecule has 136 valence electrons. The molecule has 1 unspecified atom stereocenters. The minimum absolute atomic E-state index is 0.0282. The molecule has 0 heterocycles.